The summed E-state index contributed by atoms with van der Waals surface area (Å²) >= 11 is 0.715. The molecule has 2 rings (SSSR count). The Bertz CT molecular complexity index is 624. The number of nitrogens with one attached hydrogen (secondary N) is 1. The number of sulfonamides is 1. The Morgan fingerprint density at radius 1 is 1.52 bits per heavy atom. The van der Waals surface area contributed by atoms with Crippen molar-refractivity contribution in [3.63, 3.8) is 0 Å². The molecule has 1 saturated carbocycles. The Kier molecular flexibility index (Phi) is 4.72. The van der Waals surface area contributed by atoms with Crippen LogP contribution in [0.2, 0.25) is 0 Å². The normalized spacial score (nSPS) is 26.7. The molecule has 6 nitrogen and oxygen atoms in total. The molecule has 0 aliphatic heterocycles. The van der Waals surface area contributed by atoms with E-state index in [4.69, 9.17) is 5.11 Å². The van der Waals surface area contributed by atoms with Crippen molar-refractivity contribution in [3.05, 3.63) is 17.0 Å². The van der Waals surface area contributed by atoms with E-state index in [0.29, 0.717) is 30.1 Å². The highest BCUT2D eigenvalue weighted by Crippen LogP contribution is 2.34. The van der Waals surface area contributed by atoms with Gasteiger partial charge in [-0.1, -0.05) is 19.8 Å². The maximum Gasteiger partial charge on any atom is 0.345 e. The lowest BCUT2D eigenvalue weighted by atomic mass is 9.78. The van der Waals surface area contributed by atoms with Crippen molar-refractivity contribution in [2.75, 3.05) is 6.61 Å². The predicted molar refractivity (Wildman–Crippen MR) is 79.0 cm³/mol. The number of hydrogen-bond donors (Lipinski definition) is 3. The number of aliphatic hydroxyl groups is 1. The summed E-state index contributed by atoms with van der Waals surface area (Å²) in [5.74, 6) is -0.809. The fourth-order valence-corrected chi connectivity index (χ4v) is 5.42. The van der Waals surface area contributed by atoms with Gasteiger partial charge in [-0.3, -0.25) is 0 Å². The minimum atomic E-state index is -3.82. The molecule has 1 aliphatic carbocycles. The molecule has 21 heavy (non-hydrogen) atoms. The molecule has 0 amide bonds. The molecule has 0 bridgehead atoms. The van der Waals surface area contributed by atoms with Gasteiger partial charge in [0.15, 0.2) is 0 Å². The maximum absolute atomic E-state index is 12.4. The number of carboxylic acid groups (broad SMARTS) is 1. The molecule has 1 aromatic heterocycles. The van der Waals surface area contributed by atoms with Crippen LogP contribution in [0.4, 0.5) is 0 Å². The number of carbonyl (C=O) groups is 1. The molecule has 0 saturated heterocycles. The summed E-state index contributed by atoms with van der Waals surface area (Å²) in [6.45, 7) is 1.78. The fourth-order valence-electron chi connectivity index (χ4n) is 2.84. The minimum Gasteiger partial charge on any atom is -0.477 e. The first kappa shape index (κ1) is 16.4. The van der Waals surface area contributed by atoms with Crippen LogP contribution in [-0.4, -0.2) is 36.7 Å². The molecular weight excluding hydrogens is 314 g/mol. The van der Waals surface area contributed by atoms with E-state index in [1.165, 1.54) is 12.1 Å². The molecule has 2 atom stereocenters. The van der Waals surface area contributed by atoms with E-state index in [-0.39, 0.29) is 15.7 Å². The zero-order chi connectivity index (χ0) is 15.7. The smallest absolute Gasteiger partial charge is 0.345 e. The van der Waals surface area contributed by atoms with E-state index in [2.05, 4.69) is 4.72 Å². The molecule has 1 heterocycles. The monoisotopic (exact) mass is 333 g/mol. The van der Waals surface area contributed by atoms with Gasteiger partial charge in [0, 0.05) is 0 Å². The molecule has 8 heteroatoms. The van der Waals surface area contributed by atoms with E-state index < -0.39 is 21.5 Å². The molecule has 0 radical (unpaired) electrons. The first-order valence-corrected chi connectivity index (χ1v) is 9.06. The standard InChI is InChI=1S/C13H19NO5S2/c1-9-3-2-6-13(7-9,8-15)14-21(18,19)11-5-4-10(20-11)12(16)17/h4-5,9,14-15H,2-3,6-8H2,1H3,(H,16,17). The number of rotatable bonds is 5. The van der Waals surface area contributed by atoms with Crippen molar-refractivity contribution in [2.24, 2.45) is 5.92 Å². The van der Waals surface area contributed by atoms with Crippen molar-refractivity contribution in [2.45, 2.75) is 42.4 Å². The van der Waals surface area contributed by atoms with Gasteiger partial charge in [-0.05, 0) is 30.9 Å². The molecule has 1 aliphatic rings. The van der Waals surface area contributed by atoms with Gasteiger partial charge in [-0.2, -0.15) is 0 Å². The number of aromatic carboxylic acids is 1. The second kappa shape index (κ2) is 6.04. The quantitative estimate of drug-likeness (QED) is 0.760. The highest BCUT2D eigenvalue weighted by Gasteiger charge is 2.38. The summed E-state index contributed by atoms with van der Waals surface area (Å²) in [5, 5.41) is 18.5. The summed E-state index contributed by atoms with van der Waals surface area (Å²) < 4.78 is 27.4. The average Bonchev–Trinajstić information content (AvgIpc) is 2.88. The van der Waals surface area contributed by atoms with Gasteiger partial charge in [0.25, 0.3) is 10.0 Å². The molecule has 0 aromatic carbocycles. The van der Waals surface area contributed by atoms with Gasteiger partial charge in [0.05, 0.1) is 12.1 Å². The highest BCUT2D eigenvalue weighted by molar-refractivity contribution is 7.91. The largest absolute Gasteiger partial charge is 0.477 e. The molecule has 118 valence electrons. The van der Waals surface area contributed by atoms with Crippen LogP contribution in [-0.2, 0) is 10.0 Å². The van der Waals surface area contributed by atoms with Crippen LogP contribution in [0.1, 0.15) is 42.3 Å². The lowest BCUT2D eigenvalue weighted by Gasteiger charge is -2.38. The van der Waals surface area contributed by atoms with E-state index in [1.807, 2.05) is 6.92 Å². The third kappa shape index (κ3) is 3.63. The lowest BCUT2D eigenvalue weighted by Crippen LogP contribution is -2.53. The second-order valence-corrected chi connectivity index (χ2v) is 8.66. The average molecular weight is 333 g/mol. The summed E-state index contributed by atoms with van der Waals surface area (Å²) in [7, 11) is -3.82. The predicted octanol–water partition coefficient (Wildman–Crippen LogP) is 1.67. The number of hydrogen-bond acceptors (Lipinski definition) is 5. The van der Waals surface area contributed by atoms with E-state index >= 15 is 0 Å². The van der Waals surface area contributed by atoms with Crippen LogP contribution in [0.5, 0.6) is 0 Å². The van der Waals surface area contributed by atoms with Crippen LogP contribution in [0, 0.1) is 5.92 Å². The summed E-state index contributed by atoms with van der Waals surface area (Å²) in [5.41, 5.74) is -0.843. The van der Waals surface area contributed by atoms with Crippen molar-refractivity contribution >= 4 is 27.3 Å². The van der Waals surface area contributed by atoms with E-state index in [1.54, 1.807) is 0 Å². The molecular formula is C13H19NO5S2. The second-order valence-electron chi connectivity index (χ2n) is 5.67. The molecule has 2 unspecified atom stereocenters. The van der Waals surface area contributed by atoms with Crippen molar-refractivity contribution in [1.29, 1.82) is 0 Å². The van der Waals surface area contributed by atoms with Crippen molar-refractivity contribution < 1.29 is 23.4 Å². The van der Waals surface area contributed by atoms with Crippen LogP contribution < -0.4 is 4.72 Å². The highest BCUT2D eigenvalue weighted by atomic mass is 32.2. The maximum atomic E-state index is 12.4. The van der Waals surface area contributed by atoms with Crippen molar-refractivity contribution in [3.8, 4) is 0 Å². The lowest BCUT2D eigenvalue weighted by molar-refractivity contribution is 0.0702. The Labute approximate surface area is 127 Å². The van der Waals surface area contributed by atoms with Gasteiger partial charge < -0.3 is 10.2 Å². The zero-order valence-corrected chi connectivity index (χ0v) is 13.3. The van der Waals surface area contributed by atoms with Crippen LogP contribution in [0.25, 0.3) is 0 Å². The third-order valence-electron chi connectivity index (χ3n) is 3.80. The van der Waals surface area contributed by atoms with Gasteiger partial charge >= 0.3 is 5.97 Å². The van der Waals surface area contributed by atoms with Crippen LogP contribution in [0.15, 0.2) is 16.3 Å². The fraction of sp³-hybridized carbons (Fsp3) is 0.615. The Morgan fingerprint density at radius 2 is 2.24 bits per heavy atom. The number of aliphatic hydroxyl groups excluding tert-OH is 1. The van der Waals surface area contributed by atoms with E-state index in [0.717, 1.165) is 12.8 Å². The first-order valence-electron chi connectivity index (χ1n) is 6.76. The Morgan fingerprint density at radius 3 is 2.76 bits per heavy atom. The van der Waals surface area contributed by atoms with Gasteiger partial charge in [-0.25, -0.2) is 17.9 Å². The first-order chi connectivity index (χ1) is 9.78. The summed E-state index contributed by atoms with van der Waals surface area (Å²) in [6, 6.07) is 2.56. The zero-order valence-electron chi connectivity index (χ0n) is 11.7. The summed E-state index contributed by atoms with van der Waals surface area (Å²) in [6.07, 6.45) is 3.05. The van der Waals surface area contributed by atoms with Crippen molar-refractivity contribution in [1.82, 2.24) is 4.72 Å². The molecule has 1 aromatic rings. The molecule has 0 spiro atoms. The Balaban J connectivity index is 2.24. The van der Waals surface area contributed by atoms with Gasteiger partial charge in [0.1, 0.15) is 9.09 Å². The van der Waals surface area contributed by atoms with Gasteiger partial charge in [0.2, 0.25) is 0 Å². The Hall–Kier alpha value is -0.960. The van der Waals surface area contributed by atoms with E-state index in [9.17, 15) is 18.3 Å². The van der Waals surface area contributed by atoms with Crippen LogP contribution >= 0.6 is 11.3 Å². The number of thiophene rings is 1. The molecule has 1 fully saturated rings. The van der Waals surface area contributed by atoms with Crippen LogP contribution in [0.3, 0.4) is 0 Å². The summed E-state index contributed by atoms with van der Waals surface area (Å²) in [4.78, 5) is 10.8. The molecule has 3 N–H and O–H groups in total. The SMILES string of the molecule is CC1CCCC(CO)(NS(=O)(=O)c2ccc(C(=O)O)s2)C1. The minimum absolute atomic E-state index is 0.0227. The van der Waals surface area contributed by atoms with Gasteiger partial charge in [-0.15, -0.1) is 11.3 Å². The third-order valence-corrected chi connectivity index (χ3v) is 6.95. The number of carboxylic acids is 1. The topological polar surface area (TPSA) is 104 Å².